The van der Waals surface area contributed by atoms with Gasteiger partial charge >= 0.3 is 0 Å². The molecule has 2 fully saturated rings. The molecule has 2 aliphatic heterocycles. The Balaban J connectivity index is 1.77. The first-order valence-electron chi connectivity index (χ1n) is 6.36. The lowest BCUT2D eigenvalue weighted by atomic mass is 9.87. The van der Waals surface area contributed by atoms with Crippen LogP contribution in [-0.2, 0) is 6.42 Å². The maximum atomic E-state index is 13.2. The highest BCUT2D eigenvalue weighted by Gasteiger charge is 2.43. The Labute approximate surface area is 110 Å². The second-order valence-electron chi connectivity index (χ2n) is 5.52. The Morgan fingerprint density at radius 3 is 2.44 bits per heavy atom. The highest BCUT2D eigenvalue weighted by atomic mass is 32.2. The van der Waals surface area contributed by atoms with Crippen molar-refractivity contribution in [3.8, 4) is 0 Å². The highest BCUT2D eigenvalue weighted by Crippen LogP contribution is 2.48. The number of benzene rings is 1. The minimum Gasteiger partial charge on any atom is -0.389 e. The first kappa shape index (κ1) is 12.4. The molecule has 2 heterocycles. The molecule has 18 heavy (non-hydrogen) atoms. The molecule has 2 unspecified atom stereocenters. The fourth-order valence-electron chi connectivity index (χ4n) is 3.19. The van der Waals surface area contributed by atoms with E-state index in [0.29, 0.717) is 22.5 Å². The monoisotopic (exact) mass is 270 g/mol. The van der Waals surface area contributed by atoms with E-state index in [9.17, 15) is 13.9 Å². The number of halogens is 2. The third-order valence-corrected chi connectivity index (χ3v) is 5.50. The average molecular weight is 270 g/mol. The number of fused-ring (bicyclic) bond motifs is 2. The number of hydrogen-bond acceptors (Lipinski definition) is 2. The molecular weight excluding hydrogens is 254 g/mol. The van der Waals surface area contributed by atoms with Gasteiger partial charge in [-0.3, -0.25) is 0 Å². The van der Waals surface area contributed by atoms with Gasteiger partial charge in [0.15, 0.2) is 11.6 Å². The Morgan fingerprint density at radius 2 is 1.83 bits per heavy atom. The number of thioether (sulfide) groups is 1. The SMILES string of the molecule is OC1(Cc2ccc(F)c(F)c2)CC2CCC(C1)S2. The van der Waals surface area contributed by atoms with Crippen molar-refractivity contribution in [2.45, 2.75) is 48.2 Å². The van der Waals surface area contributed by atoms with Crippen molar-refractivity contribution in [1.82, 2.24) is 0 Å². The van der Waals surface area contributed by atoms with Crippen molar-refractivity contribution in [1.29, 1.82) is 0 Å². The Hall–Kier alpha value is -0.610. The van der Waals surface area contributed by atoms with Crippen LogP contribution in [-0.4, -0.2) is 21.2 Å². The summed E-state index contributed by atoms with van der Waals surface area (Å²) < 4.78 is 26.0. The topological polar surface area (TPSA) is 20.2 Å². The quantitative estimate of drug-likeness (QED) is 0.890. The number of hydrogen-bond donors (Lipinski definition) is 1. The van der Waals surface area contributed by atoms with Crippen LogP contribution in [0.1, 0.15) is 31.2 Å². The third-order valence-electron chi connectivity index (χ3n) is 3.93. The van der Waals surface area contributed by atoms with Gasteiger partial charge in [0.05, 0.1) is 5.60 Å². The van der Waals surface area contributed by atoms with Crippen LogP contribution in [0, 0.1) is 11.6 Å². The van der Waals surface area contributed by atoms with Crippen LogP contribution in [0.5, 0.6) is 0 Å². The molecule has 3 rings (SSSR count). The summed E-state index contributed by atoms with van der Waals surface area (Å²) in [6.45, 7) is 0. The first-order chi connectivity index (χ1) is 8.54. The summed E-state index contributed by atoms with van der Waals surface area (Å²) in [6, 6.07) is 3.91. The lowest BCUT2D eigenvalue weighted by Gasteiger charge is -2.36. The van der Waals surface area contributed by atoms with Crippen molar-refractivity contribution in [3.63, 3.8) is 0 Å². The molecule has 2 saturated heterocycles. The molecule has 2 atom stereocenters. The minimum absolute atomic E-state index is 0.428. The summed E-state index contributed by atoms with van der Waals surface area (Å²) >= 11 is 1.98. The minimum atomic E-state index is -0.829. The van der Waals surface area contributed by atoms with Gasteiger partial charge in [-0.15, -0.1) is 0 Å². The second kappa shape index (κ2) is 4.49. The van der Waals surface area contributed by atoms with Crippen LogP contribution in [0.15, 0.2) is 18.2 Å². The van der Waals surface area contributed by atoms with Crippen molar-refractivity contribution >= 4 is 11.8 Å². The number of rotatable bonds is 2. The molecule has 1 nitrogen and oxygen atoms in total. The summed E-state index contributed by atoms with van der Waals surface area (Å²) in [5.41, 5.74) is -0.0517. The van der Waals surface area contributed by atoms with Gasteiger partial charge in [0, 0.05) is 16.9 Å². The Bertz CT molecular complexity index is 451. The van der Waals surface area contributed by atoms with E-state index < -0.39 is 17.2 Å². The Morgan fingerprint density at radius 1 is 1.17 bits per heavy atom. The smallest absolute Gasteiger partial charge is 0.159 e. The zero-order chi connectivity index (χ0) is 12.8. The van der Waals surface area contributed by atoms with Gasteiger partial charge in [-0.1, -0.05) is 6.07 Å². The zero-order valence-electron chi connectivity index (χ0n) is 10.0. The summed E-state index contributed by atoms with van der Waals surface area (Å²) in [4.78, 5) is 0. The van der Waals surface area contributed by atoms with E-state index in [1.807, 2.05) is 11.8 Å². The highest BCUT2D eigenvalue weighted by molar-refractivity contribution is 8.00. The van der Waals surface area contributed by atoms with E-state index in [4.69, 9.17) is 0 Å². The lowest BCUT2D eigenvalue weighted by Crippen LogP contribution is -2.39. The van der Waals surface area contributed by atoms with E-state index in [0.717, 1.165) is 18.9 Å². The maximum Gasteiger partial charge on any atom is 0.159 e. The first-order valence-corrected chi connectivity index (χ1v) is 7.30. The molecule has 0 saturated carbocycles. The van der Waals surface area contributed by atoms with Crippen LogP contribution < -0.4 is 0 Å². The molecule has 1 N–H and O–H groups in total. The fraction of sp³-hybridized carbons (Fsp3) is 0.571. The predicted octanol–water partition coefficient (Wildman–Crippen LogP) is 3.30. The normalized spacial score (nSPS) is 34.8. The maximum absolute atomic E-state index is 13.2. The van der Waals surface area contributed by atoms with Crippen molar-refractivity contribution < 1.29 is 13.9 Å². The van der Waals surface area contributed by atoms with Crippen LogP contribution in [0.3, 0.4) is 0 Å². The van der Waals surface area contributed by atoms with Crippen LogP contribution in [0.25, 0.3) is 0 Å². The van der Waals surface area contributed by atoms with Gasteiger partial charge in [-0.05, 0) is 43.4 Å². The van der Waals surface area contributed by atoms with Gasteiger partial charge in [0.2, 0.25) is 0 Å². The molecule has 0 aliphatic carbocycles. The van der Waals surface area contributed by atoms with Crippen molar-refractivity contribution in [3.05, 3.63) is 35.4 Å². The predicted molar refractivity (Wildman–Crippen MR) is 68.6 cm³/mol. The standard InChI is InChI=1S/C14H16F2OS/c15-12-4-1-9(5-13(12)16)6-14(17)7-10-2-3-11(8-14)18-10/h1,4-5,10-11,17H,2-3,6-8H2. The van der Waals surface area contributed by atoms with Gasteiger partial charge in [0.25, 0.3) is 0 Å². The third kappa shape index (κ3) is 2.41. The lowest BCUT2D eigenvalue weighted by molar-refractivity contribution is 0.0241. The molecule has 1 aromatic carbocycles. The summed E-state index contributed by atoms with van der Waals surface area (Å²) in [7, 11) is 0. The summed E-state index contributed by atoms with van der Waals surface area (Å²) in [5, 5.41) is 11.7. The molecule has 0 amide bonds. The van der Waals surface area contributed by atoms with Crippen LogP contribution in [0.4, 0.5) is 8.78 Å². The molecule has 0 radical (unpaired) electrons. The fourth-order valence-corrected chi connectivity index (χ4v) is 5.09. The molecule has 1 aromatic rings. The zero-order valence-corrected chi connectivity index (χ0v) is 10.9. The summed E-state index contributed by atoms with van der Waals surface area (Å²) in [6.07, 6.45) is 4.32. The molecular formula is C14H16F2OS. The van der Waals surface area contributed by atoms with E-state index in [-0.39, 0.29) is 0 Å². The van der Waals surface area contributed by atoms with Gasteiger partial charge in [0.1, 0.15) is 0 Å². The molecule has 0 spiro atoms. The molecule has 98 valence electrons. The van der Waals surface area contributed by atoms with Gasteiger partial charge in [-0.25, -0.2) is 8.78 Å². The average Bonchev–Trinajstić information content (AvgIpc) is 2.64. The number of aliphatic hydroxyl groups is 1. The second-order valence-corrected chi connectivity index (χ2v) is 7.12. The van der Waals surface area contributed by atoms with E-state index in [2.05, 4.69) is 0 Å². The largest absolute Gasteiger partial charge is 0.389 e. The van der Waals surface area contributed by atoms with Crippen molar-refractivity contribution in [2.24, 2.45) is 0 Å². The van der Waals surface area contributed by atoms with Gasteiger partial charge in [-0.2, -0.15) is 11.8 Å². The molecule has 4 heteroatoms. The van der Waals surface area contributed by atoms with E-state index >= 15 is 0 Å². The van der Waals surface area contributed by atoms with Crippen LogP contribution >= 0.6 is 11.8 Å². The van der Waals surface area contributed by atoms with E-state index in [1.165, 1.54) is 18.9 Å². The molecule has 2 bridgehead atoms. The van der Waals surface area contributed by atoms with Crippen molar-refractivity contribution in [2.75, 3.05) is 0 Å². The van der Waals surface area contributed by atoms with Crippen LogP contribution in [0.2, 0.25) is 0 Å². The molecule has 0 aromatic heterocycles. The molecule has 2 aliphatic rings. The van der Waals surface area contributed by atoms with Gasteiger partial charge < -0.3 is 5.11 Å². The van der Waals surface area contributed by atoms with E-state index in [1.54, 1.807) is 6.07 Å². The Kier molecular flexibility index (Phi) is 3.10. The summed E-state index contributed by atoms with van der Waals surface area (Å²) in [5.74, 6) is -1.66.